The zero-order chi connectivity index (χ0) is 5.98. The molecule has 1 atom stereocenters. The smallest absolute Gasteiger partial charge is 0.0967 e. The van der Waals surface area contributed by atoms with Crippen LogP contribution < -0.4 is 16.4 Å². The van der Waals surface area contributed by atoms with Gasteiger partial charge in [0, 0.05) is 6.20 Å². The van der Waals surface area contributed by atoms with Crippen molar-refractivity contribution < 1.29 is 0 Å². The first-order chi connectivity index (χ1) is 3.79. The molecular formula is C5H9N3. The Morgan fingerprint density at radius 1 is 1.75 bits per heavy atom. The minimum absolute atomic E-state index is 0.0799. The summed E-state index contributed by atoms with van der Waals surface area (Å²) in [6.07, 6.45) is 3.50. The maximum Gasteiger partial charge on any atom is 0.0967 e. The summed E-state index contributed by atoms with van der Waals surface area (Å²) in [5.41, 5.74) is 5.43. The molecule has 4 N–H and O–H groups in total. The Morgan fingerprint density at radius 2 is 2.50 bits per heavy atom. The quantitative estimate of drug-likeness (QED) is 0.393. The van der Waals surface area contributed by atoms with E-state index in [9.17, 15) is 0 Å². The standard InChI is InChI=1S/C5H9N3/c1-4-7-3-2-5(6)8-4/h2-3,5,7-8H,1,6H2. The summed E-state index contributed by atoms with van der Waals surface area (Å²) >= 11 is 0. The molecule has 0 saturated carbocycles. The van der Waals surface area contributed by atoms with Crippen molar-refractivity contribution in [3.8, 4) is 0 Å². The van der Waals surface area contributed by atoms with Crippen LogP contribution in [0, 0.1) is 0 Å². The van der Waals surface area contributed by atoms with Gasteiger partial charge in [0.25, 0.3) is 0 Å². The van der Waals surface area contributed by atoms with Crippen LogP contribution in [0.2, 0.25) is 0 Å². The van der Waals surface area contributed by atoms with E-state index < -0.39 is 0 Å². The molecule has 44 valence electrons. The molecular weight excluding hydrogens is 102 g/mol. The molecule has 0 aromatic carbocycles. The highest BCUT2D eigenvalue weighted by Crippen LogP contribution is 1.87. The normalized spacial score (nSPS) is 26.6. The molecule has 3 nitrogen and oxygen atoms in total. The topological polar surface area (TPSA) is 50.1 Å². The molecule has 0 saturated heterocycles. The molecule has 0 fully saturated rings. The van der Waals surface area contributed by atoms with Crippen molar-refractivity contribution in [2.45, 2.75) is 6.17 Å². The number of hydrogen-bond donors (Lipinski definition) is 3. The summed E-state index contributed by atoms with van der Waals surface area (Å²) in [5, 5.41) is 5.71. The second-order valence-electron chi connectivity index (χ2n) is 1.65. The van der Waals surface area contributed by atoms with Crippen LogP contribution in [0.3, 0.4) is 0 Å². The van der Waals surface area contributed by atoms with Gasteiger partial charge in [-0.2, -0.15) is 0 Å². The third-order valence-electron chi connectivity index (χ3n) is 0.902. The van der Waals surface area contributed by atoms with Crippen LogP contribution in [-0.4, -0.2) is 6.17 Å². The summed E-state index contributed by atoms with van der Waals surface area (Å²) in [4.78, 5) is 0. The average molecular weight is 111 g/mol. The highest BCUT2D eigenvalue weighted by molar-refractivity contribution is 5.06. The lowest BCUT2D eigenvalue weighted by molar-refractivity contribution is 0.640. The van der Waals surface area contributed by atoms with E-state index in [2.05, 4.69) is 17.2 Å². The fraction of sp³-hybridized carbons (Fsp3) is 0.200. The third-order valence-corrected chi connectivity index (χ3v) is 0.902. The molecule has 1 aliphatic heterocycles. The van der Waals surface area contributed by atoms with Gasteiger partial charge in [0.2, 0.25) is 0 Å². The number of rotatable bonds is 0. The van der Waals surface area contributed by atoms with Crippen molar-refractivity contribution in [1.82, 2.24) is 10.6 Å². The van der Waals surface area contributed by atoms with Gasteiger partial charge in [-0.3, -0.25) is 0 Å². The largest absolute Gasteiger partial charge is 0.354 e. The van der Waals surface area contributed by atoms with E-state index in [0.29, 0.717) is 0 Å². The van der Waals surface area contributed by atoms with E-state index >= 15 is 0 Å². The van der Waals surface area contributed by atoms with Gasteiger partial charge in [-0.1, -0.05) is 6.58 Å². The Morgan fingerprint density at radius 3 is 2.88 bits per heavy atom. The molecule has 0 aromatic rings. The molecule has 0 aliphatic carbocycles. The minimum atomic E-state index is -0.0799. The lowest BCUT2D eigenvalue weighted by atomic mass is 10.4. The first-order valence-corrected chi connectivity index (χ1v) is 2.43. The van der Waals surface area contributed by atoms with Gasteiger partial charge in [0.15, 0.2) is 0 Å². The van der Waals surface area contributed by atoms with E-state index in [4.69, 9.17) is 5.73 Å². The number of nitrogens with two attached hydrogens (primary N) is 1. The van der Waals surface area contributed by atoms with Crippen molar-refractivity contribution in [2.75, 3.05) is 0 Å². The number of hydrogen-bond acceptors (Lipinski definition) is 3. The number of nitrogens with one attached hydrogen (secondary N) is 2. The highest BCUT2D eigenvalue weighted by Gasteiger charge is 1.99. The van der Waals surface area contributed by atoms with Gasteiger partial charge in [0.05, 0.1) is 12.0 Å². The molecule has 0 bridgehead atoms. The first-order valence-electron chi connectivity index (χ1n) is 2.43. The Bertz CT molecular complexity index is 128. The van der Waals surface area contributed by atoms with E-state index in [-0.39, 0.29) is 6.17 Å². The Labute approximate surface area is 48.3 Å². The van der Waals surface area contributed by atoms with Gasteiger partial charge < -0.3 is 16.4 Å². The fourth-order valence-electron chi connectivity index (χ4n) is 0.543. The summed E-state index contributed by atoms with van der Waals surface area (Å²) < 4.78 is 0. The van der Waals surface area contributed by atoms with Gasteiger partial charge >= 0.3 is 0 Å². The van der Waals surface area contributed by atoms with Crippen LogP contribution in [-0.2, 0) is 0 Å². The lowest BCUT2D eigenvalue weighted by Gasteiger charge is -2.17. The van der Waals surface area contributed by atoms with Crippen LogP contribution in [0.4, 0.5) is 0 Å². The van der Waals surface area contributed by atoms with Gasteiger partial charge in [0.1, 0.15) is 0 Å². The fourth-order valence-corrected chi connectivity index (χ4v) is 0.543. The zero-order valence-electron chi connectivity index (χ0n) is 4.52. The second-order valence-corrected chi connectivity index (χ2v) is 1.65. The Kier molecular flexibility index (Phi) is 1.22. The van der Waals surface area contributed by atoms with Gasteiger partial charge in [-0.15, -0.1) is 0 Å². The van der Waals surface area contributed by atoms with Crippen molar-refractivity contribution >= 4 is 0 Å². The van der Waals surface area contributed by atoms with Crippen molar-refractivity contribution in [3.05, 3.63) is 24.7 Å². The van der Waals surface area contributed by atoms with Crippen LogP contribution >= 0.6 is 0 Å². The zero-order valence-corrected chi connectivity index (χ0v) is 4.52. The van der Waals surface area contributed by atoms with E-state index in [1.54, 1.807) is 6.20 Å². The summed E-state index contributed by atoms with van der Waals surface area (Å²) in [6.45, 7) is 3.61. The molecule has 1 unspecified atom stereocenters. The van der Waals surface area contributed by atoms with E-state index in [1.165, 1.54) is 0 Å². The molecule has 3 heteroatoms. The van der Waals surface area contributed by atoms with Gasteiger partial charge in [-0.25, -0.2) is 0 Å². The SMILES string of the molecule is C=C1NC=CC(N)N1. The molecule has 1 aliphatic rings. The Balaban J connectivity index is 2.54. The minimum Gasteiger partial charge on any atom is -0.354 e. The molecule has 0 amide bonds. The highest BCUT2D eigenvalue weighted by atomic mass is 15.2. The van der Waals surface area contributed by atoms with E-state index in [0.717, 1.165) is 5.82 Å². The molecule has 1 heterocycles. The Hall–Kier alpha value is -0.960. The van der Waals surface area contributed by atoms with E-state index in [1.807, 2.05) is 6.08 Å². The van der Waals surface area contributed by atoms with Crippen molar-refractivity contribution in [3.63, 3.8) is 0 Å². The average Bonchev–Trinajstić information content (AvgIpc) is 1.64. The summed E-state index contributed by atoms with van der Waals surface area (Å²) in [5.74, 6) is 0.750. The second kappa shape index (κ2) is 1.88. The van der Waals surface area contributed by atoms with Crippen LogP contribution in [0.1, 0.15) is 0 Å². The van der Waals surface area contributed by atoms with Crippen molar-refractivity contribution in [2.24, 2.45) is 5.73 Å². The predicted octanol–water partition coefficient (Wildman–Crippen LogP) is -0.551. The maximum atomic E-state index is 5.43. The summed E-state index contributed by atoms with van der Waals surface area (Å²) in [6, 6.07) is 0. The molecule has 8 heavy (non-hydrogen) atoms. The summed E-state index contributed by atoms with van der Waals surface area (Å²) in [7, 11) is 0. The van der Waals surface area contributed by atoms with Crippen LogP contribution in [0.15, 0.2) is 24.7 Å². The van der Waals surface area contributed by atoms with Gasteiger partial charge in [-0.05, 0) is 6.08 Å². The van der Waals surface area contributed by atoms with Crippen LogP contribution in [0.5, 0.6) is 0 Å². The van der Waals surface area contributed by atoms with Crippen LogP contribution in [0.25, 0.3) is 0 Å². The molecule has 0 aromatic heterocycles. The predicted molar refractivity (Wildman–Crippen MR) is 32.5 cm³/mol. The van der Waals surface area contributed by atoms with Crippen molar-refractivity contribution in [1.29, 1.82) is 0 Å². The lowest BCUT2D eigenvalue weighted by Crippen LogP contribution is -2.41. The third kappa shape index (κ3) is 1.01. The first kappa shape index (κ1) is 5.18. The molecule has 0 radical (unpaired) electrons. The molecule has 0 spiro atoms. The monoisotopic (exact) mass is 111 g/mol. The molecule has 1 rings (SSSR count). The maximum absolute atomic E-state index is 5.43.